The van der Waals surface area contributed by atoms with E-state index in [4.69, 9.17) is 10.5 Å². The highest BCUT2D eigenvalue weighted by atomic mass is 32.1. The SMILES string of the molecule is Cc1csc2nc(C(=O)NCc3cccc(OCCCN=CN=CN)c3)[nH]c(=O)c12. The van der Waals surface area contributed by atoms with E-state index in [1.807, 2.05) is 36.6 Å². The van der Waals surface area contributed by atoms with E-state index < -0.39 is 5.91 Å². The predicted molar refractivity (Wildman–Crippen MR) is 119 cm³/mol. The Morgan fingerprint density at radius 2 is 2.30 bits per heavy atom. The van der Waals surface area contributed by atoms with Crippen LogP contribution in [0.5, 0.6) is 5.75 Å². The maximum absolute atomic E-state index is 12.4. The molecule has 9 nitrogen and oxygen atoms in total. The van der Waals surface area contributed by atoms with Gasteiger partial charge in [-0.25, -0.2) is 9.98 Å². The minimum Gasteiger partial charge on any atom is -0.494 e. The van der Waals surface area contributed by atoms with Gasteiger partial charge in [0, 0.05) is 19.5 Å². The van der Waals surface area contributed by atoms with Gasteiger partial charge in [0.05, 0.1) is 18.3 Å². The third kappa shape index (κ3) is 5.51. The lowest BCUT2D eigenvalue weighted by molar-refractivity contribution is 0.0940. The quantitative estimate of drug-likeness (QED) is 0.273. The number of nitrogens with two attached hydrogens (primary N) is 1. The van der Waals surface area contributed by atoms with Crippen LogP contribution in [0.1, 0.15) is 28.2 Å². The summed E-state index contributed by atoms with van der Waals surface area (Å²) < 4.78 is 5.70. The number of aromatic amines is 1. The van der Waals surface area contributed by atoms with Crippen molar-refractivity contribution in [3.05, 3.63) is 57.0 Å². The molecular weight excluding hydrogens is 404 g/mol. The molecule has 0 saturated carbocycles. The molecule has 10 heteroatoms. The summed E-state index contributed by atoms with van der Waals surface area (Å²) >= 11 is 1.34. The lowest BCUT2D eigenvalue weighted by atomic mass is 10.2. The number of hydrogen-bond donors (Lipinski definition) is 3. The van der Waals surface area contributed by atoms with Crippen LogP contribution in [0.4, 0.5) is 0 Å². The Bertz CT molecular complexity index is 1140. The second-order valence-corrected chi connectivity index (χ2v) is 7.22. The number of carbonyl (C=O) groups excluding carboxylic acids is 1. The molecule has 30 heavy (non-hydrogen) atoms. The Hall–Kier alpha value is -3.53. The fourth-order valence-corrected chi connectivity index (χ4v) is 3.62. The van der Waals surface area contributed by atoms with Crippen LogP contribution < -0.4 is 21.3 Å². The number of aliphatic imine (C=N–C) groups is 2. The third-order valence-electron chi connectivity index (χ3n) is 4.13. The van der Waals surface area contributed by atoms with Gasteiger partial charge < -0.3 is 20.8 Å². The van der Waals surface area contributed by atoms with Crippen molar-refractivity contribution in [3.8, 4) is 5.75 Å². The smallest absolute Gasteiger partial charge is 0.287 e. The molecule has 1 aromatic carbocycles. The van der Waals surface area contributed by atoms with Crippen molar-refractivity contribution in [2.45, 2.75) is 19.9 Å². The molecule has 0 unspecified atom stereocenters. The predicted octanol–water partition coefficient (Wildman–Crippen LogP) is 2.01. The maximum Gasteiger partial charge on any atom is 0.287 e. The van der Waals surface area contributed by atoms with E-state index in [0.29, 0.717) is 29.1 Å². The molecule has 0 fully saturated rings. The molecular formula is C20H22N6O3S. The van der Waals surface area contributed by atoms with Gasteiger partial charge in [-0.05, 0) is 35.6 Å². The maximum atomic E-state index is 12.4. The number of fused-ring (bicyclic) bond motifs is 1. The topological polar surface area (TPSA) is 135 Å². The molecule has 3 aromatic rings. The van der Waals surface area contributed by atoms with E-state index in [1.165, 1.54) is 24.0 Å². The zero-order valence-corrected chi connectivity index (χ0v) is 17.2. The Balaban J connectivity index is 1.54. The van der Waals surface area contributed by atoms with Crippen molar-refractivity contribution in [2.24, 2.45) is 15.7 Å². The summed E-state index contributed by atoms with van der Waals surface area (Å²) in [6, 6.07) is 7.43. The first-order valence-corrected chi connectivity index (χ1v) is 10.2. The number of hydrogen-bond acceptors (Lipinski definition) is 6. The van der Waals surface area contributed by atoms with Crippen LogP contribution in [-0.2, 0) is 6.54 Å². The number of nitrogens with one attached hydrogen (secondary N) is 2. The summed E-state index contributed by atoms with van der Waals surface area (Å²) in [6.45, 7) is 3.22. The summed E-state index contributed by atoms with van der Waals surface area (Å²) in [5.41, 5.74) is 6.52. The van der Waals surface area contributed by atoms with Crippen LogP contribution in [0.3, 0.4) is 0 Å². The monoisotopic (exact) mass is 426 g/mol. The summed E-state index contributed by atoms with van der Waals surface area (Å²) in [5.74, 6) is 0.262. The number of amides is 1. The highest BCUT2D eigenvalue weighted by Gasteiger charge is 2.13. The Morgan fingerprint density at radius 3 is 3.13 bits per heavy atom. The molecule has 1 amide bonds. The summed E-state index contributed by atoms with van der Waals surface area (Å²) in [5, 5.41) is 5.15. The fraction of sp³-hybridized carbons (Fsp3) is 0.250. The molecule has 0 aliphatic rings. The number of ether oxygens (including phenoxy) is 1. The van der Waals surface area contributed by atoms with Crippen LogP contribution >= 0.6 is 11.3 Å². The van der Waals surface area contributed by atoms with Crippen molar-refractivity contribution in [3.63, 3.8) is 0 Å². The molecule has 2 aromatic heterocycles. The van der Waals surface area contributed by atoms with Crippen molar-refractivity contribution in [1.29, 1.82) is 0 Å². The van der Waals surface area contributed by atoms with Crippen molar-refractivity contribution in [2.75, 3.05) is 13.2 Å². The summed E-state index contributed by atoms with van der Waals surface area (Å²) in [7, 11) is 0. The lowest BCUT2D eigenvalue weighted by Crippen LogP contribution is -2.27. The Kier molecular flexibility index (Phi) is 7.28. The fourth-order valence-electron chi connectivity index (χ4n) is 2.70. The van der Waals surface area contributed by atoms with Gasteiger partial charge in [0.2, 0.25) is 5.82 Å². The van der Waals surface area contributed by atoms with Gasteiger partial charge in [-0.3, -0.25) is 14.6 Å². The average Bonchev–Trinajstić information content (AvgIpc) is 3.13. The highest BCUT2D eigenvalue weighted by Crippen LogP contribution is 2.19. The van der Waals surface area contributed by atoms with E-state index in [2.05, 4.69) is 25.3 Å². The van der Waals surface area contributed by atoms with Gasteiger partial charge in [-0.1, -0.05) is 12.1 Å². The number of carbonyl (C=O) groups is 1. The van der Waals surface area contributed by atoms with Gasteiger partial charge in [-0.2, -0.15) is 0 Å². The second kappa shape index (κ2) is 10.3. The van der Waals surface area contributed by atoms with Gasteiger partial charge in [0.25, 0.3) is 11.5 Å². The lowest BCUT2D eigenvalue weighted by Gasteiger charge is -2.08. The average molecular weight is 427 g/mol. The van der Waals surface area contributed by atoms with E-state index in [1.54, 1.807) is 0 Å². The molecule has 0 radical (unpaired) electrons. The second-order valence-electron chi connectivity index (χ2n) is 6.37. The molecule has 3 rings (SSSR count). The minimum absolute atomic E-state index is 0.00118. The van der Waals surface area contributed by atoms with Crippen LogP contribution in [0.2, 0.25) is 0 Å². The molecule has 2 heterocycles. The van der Waals surface area contributed by atoms with E-state index >= 15 is 0 Å². The van der Waals surface area contributed by atoms with Gasteiger partial charge in [0.1, 0.15) is 16.9 Å². The van der Waals surface area contributed by atoms with E-state index in [-0.39, 0.29) is 17.9 Å². The first-order chi connectivity index (χ1) is 14.6. The van der Waals surface area contributed by atoms with Crippen LogP contribution in [0, 0.1) is 6.92 Å². The minimum atomic E-state index is -0.440. The molecule has 0 saturated heterocycles. The normalized spacial score (nSPS) is 11.5. The van der Waals surface area contributed by atoms with Crippen molar-refractivity contribution in [1.82, 2.24) is 15.3 Å². The van der Waals surface area contributed by atoms with Crippen LogP contribution in [0.15, 0.2) is 44.4 Å². The van der Waals surface area contributed by atoms with Crippen molar-refractivity contribution >= 4 is 40.1 Å². The van der Waals surface area contributed by atoms with E-state index in [0.717, 1.165) is 17.5 Å². The molecule has 4 N–H and O–H groups in total. The first-order valence-electron chi connectivity index (χ1n) is 9.28. The number of rotatable bonds is 9. The molecule has 0 bridgehead atoms. The summed E-state index contributed by atoms with van der Waals surface area (Å²) in [6.07, 6.45) is 3.32. The number of thiophene rings is 1. The van der Waals surface area contributed by atoms with Gasteiger partial charge >= 0.3 is 0 Å². The van der Waals surface area contributed by atoms with Crippen LogP contribution in [-0.4, -0.2) is 41.7 Å². The van der Waals surface area contributed by atoms with Gasteiger partial charge in [-0.15, -0.1) is 11.3 Å². The molecule has 0 aliphatic carbocycles. The molecule has 0 spiro atoms. The molecule has 156 valence electrons. The van der Waals surface area contributed by atoms with Crippen LogP contribution in [0.25, 0.3) is 10.2 Å². The van der Waals surface area contributed by atoms with E-state index in [9.17, 15) is 9.59 Å². The zero-order valence-electron chi connectivity index (χ0n) is 16.4. The number of aryl methyl sites for hydroxylation is 1. The number of nitrogens with zero attached hydrogens (tertiary/aromatic N) is 3. The van der Waals surface area contributed by atoms with Crippen molar-refractivity contribution < 1.29 is 9.53 Å². The number of H-pyrrole nitrogens is 1. The Morgan fingerprint density at radius 1 is 1.43 bits per heavy atom. The zero-order chi connectivity index (χ0) is 21.3. The largest absolute Gasteiger partial charge is 0.494 e. The molecule has 0 atom stereocenters. The summed E-state index contributed by atoms with van der Waals surface area (Å²) in [4.78, 5) is 39.7. The van der Waals surface area contributed by atoms with Gasteiger partial charge in [0.15, 0.2) is 0 Å². The number of aromatic nitrogens is 2. The standard InChI is InChI=1S/C20H22N6O3S/c1-13-10-30-20-16(13)18(27)25-17(26-20)19(28)24-9-14-4-2-5-15(8-14)29-7-3-6-22-12-23-11-21/h2,4-5,8,10-12H,3,6-7,9H2,1H3,(H,24,28)(H2,21,22,23)(H,25,26,27). The third-order valence-corrected chi connectivity index (χ3v) is 5.12. The Labute approximate surface area is 176 Å². The number of benzene rings is 1. The highest BCUT2D eigenvalue weighted by molar-refractivity contribution is 7.16. The first kappa shape index (κ1) is 21.2. The molecule has 0 aliphatic heterocycles.